The van der Waals surface area contributed by atoms with E-state index < -0.39 is 11.0 Å². The van der Waals surface area contributed by atoms with Crippen molar-refractivity contribution in [3.63, 3.8) is 0 Å². The van der Waals surface area contributed by atoms with E-state index in [-0.39, 0.29) is 25.3 Å². The van der Waals surface area contributed by atoms with Gasteiger partial charge in [0.25, 0.3) is 5.69 Å². The molecule has 22 heavy (non-hydrogen) atoms. The van der Waals surface area contributed by atoms with Crippen LogP contribution in [0.3, 0.4) is 0 Å². The van der Waals surface area contributed by atoms with Gasteiger partial charge < -0.3 is 14.4 Å². The van der Waals surface area contributed by atoms with Crippen LogP contribution in [-0.4, -0.2) is 32.3 Å². The Morgan fingerprint density at radius 3 is 3.09 bits per heavy atom. The van der Waals surface area contributed by atoms with Gasteiger partial charge in [-0.2, -0.15) is 5.26 Å². The van der Waals surface area contributed by atoms with E-state index >= 15 is 0 Å². The lowest BCUT2D eigenvalue weighted by Crippen LogP contribution is -2.24. The Bertz CT molecular complexity index is 692. The second-order valence-electron chi connectivity index (χ2n) is 4.55. The summed E-state index contributed by atoms with van der Waals surface area (Å²) in [6.45, 7) is 0.206. The molecule has 0 aliphatic heterocycles. The maximum Gasteiger partial charge on any atom is 0.273 e. The Balaban J connectivity index is 1.91. The first-order valence-electron chi connectivity index (χ1n) is 6.52. The number of ether oxygens (including phenoxy) is 1. The quantitative estimate of drug-likeness (QED) is 0.609. The van der Waals surface area contributed by atoms with Gasteiger partial charge in [0, 0.05) is 18.5 Å². The lowest BCUT2D eigenvalue weighted by molar-refractivity contribution is -0.384. The Hall–Kier alpha value is -2.92. The van der Waals surface area contributed by atoms with Crippen LogP contribution in [0.4, 0.5) is 5.69 Å². The van der Waals surface area contributed by atoms with E-state index in [2.05, 4.69) is 4.98 Å². The van der Waals surface area contributed by atoms with Crippen molar-refractivity contribution in [3.05, 3.63) is 52.6 Å². The Morgan fingerprint density at radius 2 is 2.36 bits per heavy atom. The van der Waals surface area contributed by atoms with Crippen LogP contribution >= 0.6 is 0 Å². The summed E-state index contributed by atoms with van der Waals surface area (Å²) in [6, 6.07) is 7.76. The normalized spacial score (nSPS) is 11.6. The van der Waals surface area contributed by atoms with Gasteiger partial charge in [-0.1, -0.05) is 6.07 Å². The molecule has 0 amide bonds. The average molecular weight is 302 g/mol. The first kappa shape index (κ1) is 15.5. The van der Waals surface area contributed by atoms with Crippen molar-refractivity contribution in [3.8, 4) is 11.8 Å². The van der Waals surface area contributed by atoms with Crippen molar-refractivity contribution in [1.29, 1.82) is 5.26 Å². The number of nitro groups is 1. The third-order valence-electron chi connectivity index (χ3n) is 2.92. The molecule has 1 aromatic heterocycles. The number of benzene rings is 1. The largest absolute Gasteiger partial charge is 0.491 e. The first-order valence-corrected chi connectivity index (χ1v) is 6.52. The van der Waals surface area contributed by atoms with Crippen molar-refractivity contribution < 1.29 is 14.8 Å². The highest BCUT2D eigenvalue weighted by atomic mass is 16.6. The minimum absolute atomic E-state index is 0.0225. The second-order valence-corrected chi connectivity index (χ2v) is 4.55. The summed E-state index contributed by atoms with van der Waals surface area (Å²) < 4.78 is 7.03. The fourth-order valence-corrected chi connectivity index (χ4v) is 1.90. The van der Waals surface area contributed by atoms with Gasteiger partial charge in [0.2, 0.25) is 0 Å². The molecule has 8 nitrogen and oxygen atoms in total. The topological polar surface area (TPSA) is 114 Å². The summed E-state index contributed by atoms with van der Waals surface area (Å²) in [7, 11) is 0. The maximum absolute atomic E-state index is 10.7. The molecule has 114 valence electrons. The highest BCUT2D eigenvalue weighted by Gasteiger charge is 2.11. The maximum atomic E-state index is 10.7. The molecule has 0 bridgehead atoms. The molecule has 0 fully saturated rings. The number of nitriles is 1. The number of aliphatic hydroxyl groups excluding tert-OH is 1. The summed E-state index contributed by atoms with van der Waals surface area (Å²) in [6.07, 6.45) is 2.56. The predicted molar refractivity (Wildman–Crippen MR) is 76.1 cm³/mol. The second kappa shape index (κ2) is 7.19. The minimum Gasteiger partial charge on any atom is -0.491 e. The number of hydrogen-bond donors (Lipinski definition) is 1. The van der Waals surface area contributed by atoms with Crippen LogP contribution in [0.5, 0.6) is 5.75 Å². The van der Waals surface area contributed by atoms with Gasteiger partial charge >= 0.3 is 0 Å². The van der Waals surface area contributed by atoms with E-state index in [4.69, 9.17) is 10.00 Å². The monoisotopic (exact) mass is 302 g/mol. The van der Waals surface area contributed by atoms with Gasteiger partial charge in [0.15, 0.2) is 0 Å². The number of nitrogens with zero attached hydrogens (tertiary/aromatic N) is 4. The molecule has 1 heterocycles. The van der Waals surface area contributed by atoms with Crippen molar-refractivity contribution in [1.82, 2.24) is 9.55 Å². The highest BCUT2D eigenvalue weighted by Crippen LogP contribution is 2.19. The molecule has 0 spiro atoms. The standard InChI is InChI=1S/C14H14N4O4/c15-5-4-14-16-6-7-17(14)9-12(19)10-22-13-3-1-2-11(8-13)18(20)21/h1-3,6-8,12,19H,4,9-10H2/t12-/m0/s1. The molecular formula is C14H14N4O4. The van der Waals surface area contributed by atoms with E-state index in [0.717, 1.165) is 0 Å². The average Bonchev–Trinajstić information content (AvgIpc) is 2.93. The lowest BCUT2D eigenvalue weighted by atomic mass is 10.3. The molecule has 1 N–H and O–H groups in total. The number of nitro benzene ring substituents is 1. The van der Waals surface area contributed by atoms with E-state index in [0.29, 0.717) is 11.6 Å². The highest BCUT2D eigenvalue weighted by molar-refractivity contribution is 5.37. The molecule has 0 radical (unpaired) electrons. The van der Waals surface area contributed by atoms with Gasteiger partial charge in [0.1, 0.15) is 24.3 Å². The molecule has 2 rings (SSSR count). The summed E-state index contributed by atoms with van der Waals surface area (Å²) in [5.74, 6) is 0.882. The van der Waals surface area contributed by atoms with E-state index in [1.54, 1.807) is 23.0 Å². The van der Waals surface area contributed by atoms with Gasteiger partial charge in [-0.15, -0.1) is 0 Å². The number of rotatable bonds is 7. The smallest absolute Gasteiger partial charge is 0.273 e. The van der Waals surface area contributed by atoms with Gasteiger partial charge in [-0.05, 0) is 6.07 Å². The molecule has 8 heteroatoms. The van der Waals surface area contributed by atoms with E-state index in [9.17, 15) is 15.2 Å². The van der Waals surface area contributed by atoms with Crippen molar-refractivity contribution >= 4 is 5.69 Å². The van der Waals surface area contributed by atoms with Crippen LogP contribution < -0.4 is 4.74 Å². The third-order valence-corrected chi connectivity index (χ3v) is 2.92. The zero-order valence-corrected chi connectivity index (χ0v) is 11.6. The molecule has 0 saturated carbocycles. The van der Waals surface area contributed by atoms with Crippen molar-refractivity contribution in [2.24, 2.45) is 0 Å². The van der Waals surface area contributed by atoms with E-state index in [1.807, 2.05) is 6.07 Å². The third kappa shape index (κ3) is 4.04. The Morgan fingerprint density at radius 1 is 1.55 bits per heavy atom. The molecule has 1 aromatic carbocycles. The molecule has 0 saturated heterocycles. The van der Waals surface area contributed by atoms with E-state index in [1.165, 1.54) is 18.2 Å². The zero-order chi connectivity index (χ0) is 15.9. The van der Waals surface area contributed by atoms with Gasteiger partial charge in [-0.3, -0.25) is 10.1 Å². The molecule has 0 aliphatic rings. The molecular weight excluding hydrogens is 288 g/mol. The molecule has 0 unspecified atom stereocenters. The van der Waals surface area contributed by atoms with Crippen LogP contribution in [0, 0.1) is 21.4 Å². The summed E-state index contributed by atoms with van der Waals surface area (Å²) in [5, 5.41) is 29.3. The van der Waals surface area contributed by atoms with Crippen molar-refractivity contribution in [2.45, 2.75) is 19.1 Å². The lowest BCUT2D eigenvalue weighted by Gasteiger charge is -2.14. The van der Waals surface area contributed by atoms with Gasteiger partial charge in [0.05, 0.1) is 30.0 Å². The number of hydrogen-bond acceptors (Lipinski definition) is 6. The molecule has 2 aromatic rings. The fourth-order valence-electron chi connectivity index (χ4n) is 1.90. The minimum atomic E-state index is -0.828. The number of imidazole rings is 1. The Kier molecular flexibility index (Phi) is 5.06. The number of aromatic nitrogens is 2. The summed E-state index contributed by atoms with van der Waals surface area (Å²) in [4.78, 5) is 14.2. The molecule has 0 aliphatic carbocycles. The van der Waals surface area contributed by atoms with Crippen LogP contribution in [0.2, 0.25) is 0 Å². The number of aliphatic hydroxyl groups is 1. The SMILES string of the molecule is N#CCc1nccn1C[C@H](O)COc1cccc([N+](=O)[O-])c1. The first-order chi connectivity index (χ1) is 10.6. The van der Waals surface area contributed by atoms with Crippen LogP contribution in [0.1, 0.15) is 5.82 Å². The fraction of sp³-hybridized carbons (Fsp3) is 0.286. The number of non-ortho nitro benzene ring substituents is 1. The van der Waals surface area contributed by atoms with Crippen molar-refractivity contribution in [2.75, 3.05) is 6.61 Å². The Labute approximate surface area is 126 Å². The molecule has 1 atom stereocenters. The summed E-state index contributed by atoms with van der Waals surface area (Å²) >= 11 is 0. The zero-order valence-electron chi connectivity index (χ0n) is 11.6. The summed E-state index contributed by atoms with van der Waals surface area (Å²) in [5.41, 5.74) is -0.0714. The van der Waals surface area contributed by atoms with Crippen LogP contribution in [-0.2, 0) is 13.0 Å². The van der Waals surface area contributed by atoms with Gasteiger partial charge in [-0.25, -0.2) is 4.98 Å². The van der Waals surface area contributed by atoms with Crippen LogP contribution in [0.15, 0.2) is 36.7 Å². The predicted octanol–water partition coefficient (Wildman–Crippen LogP) is 1.30. The van der Waals surface area contributed by atoms with Crippen LogP contribution in [0.25, 0.3) is 0 Å².